The van der Waals surface area contributed by atoms with E-state index in [0.29, 0.717) is 17.0 Å². The summed E-state index contributed by atoms with van der Waals surface area (Å²) in [5.74, 6) is 1.40. The molecule has 0 spiro atoms. The third-order valence-electron chi connectivity index (χ3n) is 4.98. The van der Waals surface area contributed by atoms with E-state index in [2.05, 4.69) is 12.2 Å². The molecule has 1 atom stereocenters. The lowest BCUT2D eigenvalue weighted by molar-refractivity contribution is 0.217. The molecule has 1 aliphatic carbocycles. The van der Waals surface area contributed by atoms with Gasteiger partial charge in [-0.05, 0) is 55.8 Å². The second-order valence-electron chi connectivity index (χ2n) is 6.40. The van der Waals surface area contributed by atoms with Gasteiger partial charge in [0.05, 0.1) is 0 Å². The highest BCUT2D eigenvalue weighted by molar-refractivity contribution is 6.30. The second-order valence-corrected chi connectivity index (χ2v) is 6.84. The SMILES string of the molecule is CCCC1CCC(C(Cc2ccc(Cl)cc2F)NC)CC1. The highest BCUT2D eigenvalue weighted by Gasteiger charge is 2.27. The van der Waals surface area contributed by atoms with Gasteiger partial charge in [-0.3, -0.25) is 0 Å². The highest BCUT2D eigenvalue weighted by Crippen LogP contribution is 2.34. The largest absolute Gasteiger partial charge is 0.316 e. The molecule has 1 aliphatic rings. The Morgan fingerprint density at radius 3 is 2.57 bits per heavy atom. The van der Waals surface area contributed by atoms with E-state index in [1.807, 2.05) is 13.1 Å². The van der Waals surface area contributed by atoms with Gasteiger partial charge in [0.2, 0.25) is 0 Å². The van der Waals surface area contributed by atoms with Crippen molar-refractivity contribution < 1.29 is 4.39 Å². The summed E-state index contributed by atoms with van der Waals surface area (Å²) < 4.78 is 14.0. The zero-order chi connectivity index (χ0) is 15.2. The molecule has 1 aromatic carbocycles. The predicted molar refractivity (Wildman–Crippen MR) is 88.3 cm³/mol. The lowest BCUT2D eigenvalue weighted by atomic mass is 9.76. The van der Waals surface area contributed by atoms with E-state index in [9.17, 15) is 4.39 Å². The average Bonchev–Trinajstić information content (AvgIpc) is 2.48. The summed E-state index contributed by atoms with van der Waals surface area (Å²) in [5.41, 5.74) is 0.773. The minimum Gasteiger partial charge on any atom is -0.316 e. The first-order valence-corrected chi connectivity index (χ1v) is 8.63. The molecular weight excluding hydrogens is 285 g/mol. The Labute approximate surface area is 133 Å². The van der Waals surface area contributed by atoms with Gasteiger partial charge in [0.25, 0.3) is 0 Å². The number of hydrogen-bond acceptors (Lipinski definition) is 1. The van der Waals surface area contributed by atoms with E-state index in [-0.39, 0.29) is 5.82 Å². The average molecular weight is 312 g/mol. The van der Waals surface area contributed by atoms with Gasteiger partial charge in [-0.25, -0.2) is 4.39 Å². The van der Waals surface area contributed by atoms with Gasteiger partial charge in [0.1, 0.15) is 5.82 Å². The lowest BCUT2D eigenvalue weighted by Crippen LogP contribution is -2.37. The van der Waals surface area contributed by atoms with Crippen LogP contribution >= 0.6 is 11.6 Å². The molecule has 0 amide bonds. The summed E-state index contributed by atoms with van der Waals surface area (Å²) in [6.07, 6.45) is 8.61. The van der Waals surface area contributed by atoms with Gasteiger partial charge in [0, 0.05) is 11.1 Å². The first kappa shape index (κ1) is 16.8. The number of nitrogens with one attached hydrogen (secondary N) is 1. The molecular formula is C18H27ClFN. The maximum atomic E-state index is 14.0. The molecule has 0 aliphatic heterocycles. The minimum absolute atomic E-state index is 0.178. The molecule has 3 heteroatoms. The zero-order valence-corrected chi connectivity index (χ0v) is 13.9. The van der Waals surface area contributed by atoms with Crippen molar-refractivity contribution in [2.24, 2.45) is 11.8 Å². The van der Waals surface area contributed by atoms with Crippen LogP contribution in [0.15, 0.2) is 18.2 Å². The molecule has 21 heavy (non-hydrogen) atoms. The van der Waals surface area contributed by atoms with Gasteiger partial charge in [0.15, 0.2) is 0 Å². The van der Waals surface area contributed by atoms with Crippen LogP contribution in [-0.4, -0.2) is 13.1 Å². The minimum atomic E-state index is -0.178. The van der Waals surface area contributed by atoms with Crippen molar-refractivity contribution in [2.75, 3.05) is 7.05 Å². The molecule has 2 rings (SSSR count). The summed E-state index contributed by atoms with van der Waals surface area (Å²) in [7, 11) is 2.00. The van der Waals surface area contributed by atoms with Gasteiger partial charge in [-0.15, -0.1) is 0 Å². The van der Waals surface area contributed by atoms with Crippen LogP contribution in [0, 0.1) is 17.7 Å². The maximum Gasteiger partial charge on any atom is 0.127 e. The van der Waals surface area contributed by atoms with Crippen molar-refractivity contribution in [2.45, 2.75) is 57.9 Å². The van der Waals surface area contributed by atoms with Crippen LogP contribution in [0.4, 0.5) is 4.39 Å². The van der Waals surface area contributed by atoms with Gasteiger partial charge >= 0.3 is 0 Å². The van der Waals surface area contributed by atoms with Crippen LogP contribution in [0.2, 0.25) is 5.02 Å². The van der Waals surface area contributed by atoms with Gasteiger partial charge in [-0.1, -0.05) is 50.3 Å². The molecule has 118 valence electrons. The third kappa shape index (κ3) is 4.69. The van der Waals surface area contributed by atoms with Crippen LogP contribution in [0.25, 0.3) is 0 Å². The quantitative estimate of drug-likeness (QED) is 0.760. The fraction of sp³-hybridized carbons (Fsp3) is 0.667. The van der Waals surface area contributed by atoms with Gasteiger partial charge < -0.3 is 5.32 Å². The second kappa shape index (κ2) is 8.14. The Bertz CT molecular complexity index is 441. The number of halogens is 2. The molecule has 0 saturated heterocycles. The molecule has 1 unspecified atom stereocenters. The van der Waals surface area contributed by atoms with Gasteiger partial charge in [-0.2, -0.15) is 0 Å². The first-order chi connectivity index (χ1) is 10.1. The van der Waals surface area contributed by atoms with Crippen molar-refractivity contribution in [3.63, 3.8) is 0 Å². The van der Waals surface area contributed by atoms with E-state index in [4.69, 9.17) is 11.6 Å². The first-order valence-electron chi connectivity index (χ1n) is 8.25. The molecule has 0 aromatic heterocycles. The summed E-state index contributed by atoms with van der Waals surface area (Å²) in [6, 6.07) is 5.39. The zero-order valence-electron chi connectivity index (χ0n) is 13.2. The molecule has 1 nitrogen and oxygen atoms in total. The Morgan fingerprint density at radius 1 is 1.29 bits per heavy atom. The molecule has 1 N–H and O–H groups in total. The number of likely N-dealkylation sites (N-methyl/N-ethyl adjacent to an activating group) is 1. The molecule has 0 radical (unpaired) electrons. The van der Waals surface area contributed by atoms with Crippen LogP contribution in [0.5, 0.6) is 0 Å². The Balaban J connectivity index is 1.94. The summed E-state index contributed by atoms with van der Waals surface area (Å²) >= 11 is 5.83. The Morgan fingerprint density at radius 2 is 2.00 bits per heavy atom. The Hall–Kier alpha value is -0.600. The van der Waals surface area contributed by atoms with Crippen molar-refractivity contribution >= 4 is 11.6 Å². The van der Waals surface area contributed by atoms with Crippen molar-refractivity contribution in [1.29, 1.82) is 0 Å². The van der Waals surface area contributed by atoms with Crippen LogP contribution < -0.4 is 5.32 Å². The third-order valence-corrected chi connectivity index (χ3v) is 5.22. The lowest BCUT2D eigenvalue weighted by Gasteiger charge is -2.34. The highest BCUT2D eigenvalue weighted by atomic mass is 35.5. The standard InChI is InChI=1S/C18H27ClFN/c1-3-4-13-5-7-14(8-6-13)18(21-2)11-15-9-10-16(19)12-17(15)20/h9-10,12-14,18,21H,3-8,11H2,1-2H3. The monoisotopic (exact) mass is 311 g/mol. The van der Waals surface area contributed by atoms with E-state index < -0.39 is 0 Å². The number of rotatable bonds is 6. The normalized spacial score (nSPS) is 24.0. The van der Waals surface area contributed by atoms with Crippen LogP contribution in [0.1, 0.15) is 51.0 Å². The summed E-state index contributed by atoms with van der Waals surface area (Å²) in [5, 5.41) is 3.88. The van der Waals surface area contributed by atoms with Crippen molar-refractivity contribution in [3.05, 3.63) is 34.6 Å². The van der Waals surface area contributed by atoms with Crippen LogP contribution in [0.3, 0.4) is 0 Å². The molecule has 1 fully saturated rings. The maximum absolute atomic E-state index is 14.0. The van der Waals surface area contributed by atoms with E-state index >= 15 is 0 Å². The predicted octanol–water partition coefficient (Wildman–Crippen LogP) is 5.22. The number of benzene rings is 1. The smallest absolute Gasteiger partial charge is 0.127 e. The van der Waals surface area contributed by atoms with E-state index in [0.717, 1.165) is 17.9 Å². The summed E-state index contributed by atoms with van der Waals surface area (Å²) in [6.45, 7) is 2.27. The Kier molecular flexibility index (Phi) is 6.50. The molecule has 1 aromatic rings. The molecule has 0 heterocycles. The van der Waals surface area contributed by atoms with E-state index in [1.54, 1.807) is 6.07 Å². The van der Waals surface area contributed by atoms with Crippen LogP contribution in [-0.2, 0) is 6.42 Å². The summed E-state index contributed by atoms with van der Waals surface area (Å²) in [4.78, 5) is 0. The van der Waals surface area contributed by atoms with Crippen molar-refractivity contribution in [1.82, 2.24) is 5.32 Å². The van der Waals surface area contributed by atoms with E-state index in [1.165, 1.54) is 44.6 Å². The van der Waals surface area contributed by atoms with Crippen molar-refractivity contribution in [3.8, 4) is 0 Å². The topological polar surface area (TPSA) is 12.0 Å². The molecule has 0 bridgehead atoms. The fourth-order valence-corrected chi connectivity index (χ4v) is 3.87. The fourth-order valence-electron chi connectivity index (χ4n) is 3.72. The number of hydrogen-bond donors (Lipinski definition) is 1. The molecule has 1 saturated carbocycles.